The molecule has 1 fully saturated rings. The van der Waals surface area contributed by atoms with Crippen molar-refractivity contribution in [3.63, 3.8) is 0 Å². The van der Waals surface area contributed by atoms with Crippen LogP contribution in [0, 0.1) is 17.0 Å². The minimum absolute atomic E-state index is 0. The number of hydrogen-bond donors (Lipinski definition) is 1. The summed E-state index contributed by atoms with van der Waals surface area (Å²) in [7, 11) is 0. The predicted octanol–water partition coefficient (Wildman–Crippen LogP) is 1.76. The van der Waals surface area contributed by atoms with Gasteiger partial charge in [0.1, 0.15) is 0 Å². The minimum atomic E-state index is -0.450. The molecular weight excluding hydrogens is 282 g/mol. The van der Waals surface area contributed by atoms with Crippen molar-refractivity contribution in [1.29, 1.82) is 0 Å². The Bertz CT molecular complexity index is 522. The standard InChI is InChI=1S/C13H17N3O3.ClH/c1-9-7-11(16(18)19)3-4-12(9)13(17)15-6-5-14-8-10(15)2;/h3-4,7,10,14H,5-6,8H2,1-2H3;1H. The van der Waals surface area contributed by atoms with E-state index in [1.54, 1.807) is 13.0 Å². The molecule has 2 rings (SSSR count). The van der Waals surface area contributed by atoms with Crippen LogP contribution in [0.5, 0.6) is 0 Å². The van der Waals surface area contributed by atoms with E-state index in [0.29, 0.717) is 17.7 Å². The van der Waals surface area contributed by atoms with E-state index in [1.807, 2.05) is 11.8 Å². The summed E-state index contributed by atoms with van der Waals surface area (Å²) in [4.78, 5) is 24.5. The lowest BCUT2D eigenvalue weighted by molar-refractivity contribution is -0.384. The van der Waals surface area contributed by atoms with Gasteiger partial charge < -0.3 is 10.2 Å². The molecule has 7 heteroatoms. The molecule has 0 aromatic heterocycles. The van der Waals surface area contributed by atoms with Gasteiger partial charge in [0.15, 0.2) is 0 Å². The molecule has 1 atom stereocenters. The van der Waals surface area contributed by atoms with Crippen LogP contribution >= 0.6 is 12.4 Å². The van der Waals surface area contributed by atoms with E-state index in [4.69, 9.17) is 0 Å². The first-order chi connectivity index (χ1) is 9.00. The highest BCUT2D eigenvalue weighted by atomic mass is 35.5. The van der Waals surface area contributed by atoms with E-state index in [9.17, 15) is 14.9 Å². The van der Waals surface area contributed by atoms with Crippen LogP contribution in [0.2, 0.25) is 0 Å². The first kappa shape index (κ1) is 16.4. The van der Waals surface area contributed by atoms with Gasteiger partial charge in [0.2, 0.25) is 0 Å². The summed E-state index contributed by atoms with van der Waals surface area (Å²) in [6.45, 7) is 5.94. The van der Waals surface area contributed by atoms with E-state index < -0.39 is 4.92 Å². The Morgan fingerprint density at radius 3 is 2.75 bits per heavy atom. The van der Waals surface area contributed by atoms with Gasteiger partial charge in [-0.3, -0.25) is 14.9 Å². The summed E-state index contributed by atoms with van der Waals surface area (Å²) in [6, 6.07) is 4.51. The van der Waals surface area contributed by atoms with Crippen LogP contribution < -0.4 is 5.32 Å². The molecule has 1 saturated heterocycles. The molecule has 1 aliphatic heterocycles. The number of carbonyl (C=O) groups excluding carboxylic acids is 1. The van der Waals surface area contributed by atoms with Crippen LogP contribution in [0.1, 0.15) is 22.8 Å². The zero-order valence-corrected chi connectivity index (χ0v) is 12.3. The Hall–Kier alpha value is -1.66. The average molecular weight is 300 g/mol. The second kappa shape index (κ2) is 6.67. The third kappa shape index (κ3) is 3.26. The van der Waals surface area contributed by atoms with E-state index in [1.165, 1.54) is 12.1 Å². The van der Waals surface area contributed by atoms with Gasteiger partial charge in [-0.05, 0) is 25.5 Å². The van der Waals surface area contributed by atoms with E-state index in [0.717, 1.165) is 13.1 Å². The maximum Gasteiger partial charge on any atom is 0.269 e. The molecule has 1 N–H and O–H groups in total. The summed E-state index contributed by atoms with van der Waals surface area (Å²) in [5, 5.41) is 13.9. The van der Waals surface area contributed by atoms with Crippen molar-refractivity contribution in [3.8, 4) is 0 Å². The topological polar surface area (TPSA) is 75.5 Å². The molecule has 1 amide bonds. The minimum Gasteiger partial charge on any atom is -0.333 e. The number of nitrogens with zero attached hydrogens (tertiary/aromatic N) is 2. The van der Waals surface area contributed by atoms with E-state index in [2.05, 4.69) is 5.32 Å². The van der Waals surface area contributed by atoms with Crippen molar-refractivity contribution >= 4 is 24.0 Å². The predicted molar refractivity (Wildman–Crippen MR) is 78.4 cm³/mol. The smallest absolute Gasteiger partial charge is 0.269 e. The number of amides is 1. The number of hydrogen-bond acceptors (Lipinski definition) is 4. The monoisotopic (exact) mass is 299 g/mol. The maximum absolute atomic E-state index is 12.4. The summed E-state index contributed by atoms with van der Waals surface area (Å²) in [5.41, 5.74) is 1.20. The van der Waals surface area contributed by atoms with Crippen LogP contribution in [0.4, 0.5) is 5.69 Å². The molecule has 0 saturated carbocycles. The summed E-state index contributed by atoms with van der Waals surface area (Å²) < 4.78 is 0. The molecule has 1 aromatic carbocycles. The third-order valence-corrected chi connectivity index (χ3v) is 3.41. The third-order valence-electron chi connectivity index (χ3n) is 3.41. The molecule has 0 spiro atoms. The second-order valence-corrected chi connectivity index (χ2v) is 4.81. The lowest BCUT2D eigenvalue weighted by Crippen LogP contribution is -2.52. The number of benzene rings is 1. The van der Waals surface area contributed by atoms with E-state index >= 15 is 0 Å². The number of aryl methyl sites for hydroxylation is 1. The van der Waals surface area contributed by atoms with Gasteiger partial charge in [-0.15, -0.1) is 12.4 Å². The van der Waals surface area contributed by atoms with Crippen LogP contribution in [-0.2, 0) is 0 Å². The maximum atomic E-state index is 12.4. The van der Waals surface area contributed by atoms with Crippen molar-refractivity contribution in [1.82, 2.24) is 10.2 Å². The highest BCUT2D eigenvalue weighted by Gasteiger charge is 2.25. The lowest BCUT2D eigenvalue weighted by Gasteiger charge is -2.34. The van der Waals surface area contributed by atoms with Crippen molar-refractivity contribution in [3.05, 3.63) is 39.4 Å². The Balaban J connectivity index is 0.00000200. The Labute approximate surface area is 123 Å². The van der Waals surface area contributed by atoms with Crippen molar-refractivity contribution in [2.24, 2.45) is 0 Å². The quantitative estimate of drug-likeness (QED) is 0.667. The molecule has 110 valence electrons. The van der Waals surface area contributed by atoms with Gasteiger partial charge >= 0.3 is 0 Å². The first-order valence-electron chi connectivity index (χ1n) is 6.27. The number of nitrogens with one attached hydrogen (secondary N) is 1. The second-order valence-electron chi connectivity index (χ2n) is 4.81. The van der Waals surface area contributed by atoms with Gasteiger partial charge in [-0.1, -0.05) is 0 Å². The molecule has 1 unspecified atom stereocenters. The van der Waals surface area contributed by atoms with Crippen LogP contribution in [0.15, 0.2) is 18.2 Å². The number of piperazine rings is 1. The number of halogens is 1. The zero-order chi connectivity index (χ0) is 14.0. The lowest BCUT2D eigenvalue weighted by atomic mass is 10.1. The van der Waals surface area contributed by atoms with E-state index in [-0.39, 0.29) is 30.0 Å². The molecule has 1 heterocycles. The van der Waals surface area contributed by atoms with Gasteiger partial charge in [-0.2, -0.15) is 0 Å². The highest BCUT2D eigenvalue weighted by Crippen LogP contribution is 2.19. The molecular formula is C13H18ClN3O3. The highest BCUT2D eigenvalue weighted by molar-refractivity contribution is 5.96. The fraction of sp³-hybridized carbons (Fsp3) is 0.462. The molecule has 6 nitrogen and oxygen atoms in total. The average Bonchev–Trinajstić information content (AvgIpc) is 2.38. The normalized spacial score (nSPS) is 18.3. The van der Waals surface area contributed by atoms with Crippen molar-refractivity contribution < 1.29 is 9.72 Å². The Morgan fingerprint density at radius 1 is 1.50 bits per heavy atom. The largest absolute Gasteiger partial charge is 0.333 e. The van der Waals surface area contributed by atoms with Crippen LogP contribution in [-0.4, -0.2) is 41.4 Å². The van der Waals surface area contributed by atoms with Crippen molar-refractivity contribution in [2.75, 3.05) is 19.6 Å². The first-order valence-corrected chi connectivity index (χ1v) is 6.27. The molecule has 0 aliphatic carbocycles. The number of nitro groups is 1. The summed E-state index contributed by atoms with van der Waals surface area (Å²) in [5.74, 6) is -0.0543. The number of carbonyl (C=O) groups is 1. The van der Waals surface area contributed by atoms with Crippen LogP contribution in [0.3, 0.4) is 0 Å². The Morgan fingerprint density at radius 2 is 2.20 bits per heavy atom. The number of nitro benzene ring substituents is 1. The fourth-order valence-electron chi connectivity index (χ4n) is 2.30. The number of non-ortho nitro benzene ring substituents is 1. The van der Waals surface area contributed by atoms with Crippen LogP contribution in [0.25, 0.3) is 0 Å². The molecule has 0 radical (unpaired) electrons. The fourth-order valence-corrected chi connectivity index (χ4v) is 2.30. The SMILES string of the molecule is Cc1cc([N+](=O)[O-])ccc1C(=O)N1CCNCC1C.Cl. The van der Waals surface area contributed by atoms with Gasteiger partial charge in [-0.25, -0.2) is 0 Å². The Kier molecular flexibility index (Phi) is 5.47. The zero-order valence-electron chi connectivity index (χ0n) is 11.5. The molecule has 0 bridgehead atoms. The molecule has 1 aromatic rings. The van der Waals surface area contributed by atoms with Gasteiger partial charge in [0, 0.05) is 43.4 Å². The van der Waals surface area contributed by atoms with Gasteiger partial charge in [0.05, 0.1) is 4.92 Å². The number of rotatable bonds is 2. The summed E-state index contributed by atoms with van der Waals surface area (Å²) in [6.07, 6.45) is 0. The molecule has 20 heavy (non-hydrogen) atoms. The summed E-state index contributed by atoms with van der Waals surface area (Å²) >= 11 is 0. The van der Waals surface area contributed by atoms with Gasteiger partial charge in [0.25, 0.3) is 11.6 Å². The molecule has 1 aliphatic rings. The van der Waals surface area contributed by atoms with Crippen molar-refractivity contribution in [2.45, 2.75) is 19.9 Å².